The Labute approximate surface area is 224 Å². The molecule has 18 heteroatoms. The lowest BCUT2D eigenvalue weighted by Gasteiger charge is -2.48. The number of carbonyl (C=O) groups is 1. The number of hydrogen-bond acceptors (Lipinski definition) is 16. The SMILES string of the molecule is O=C(CBr)N[C@@H]1OC(CO)[C@@H](O[C@H]2OC(CO)[C@@H](O[C@H]3OC(CO)[C@@H](O)[C@H](O)C3O)[C@H](O)C2O)C(O)[C@@H]1O. The van der Waals surface area contributed by atoms with Crippen molar-refractivity contribution in [1.82, 2.24) is 5.32 Å². The highest BCUT2D eigenvalue weighted by Crippen LogP contribution is 2.32. The molecule has 3 aliphatic heterocycles. The summed E-state index contributed by atoms with van der Waals surface area (Å²) in [7, 11) is 0. The molecule has 3 rings (SSSR count). The maximum Gasteiger partial charge on any atom is 0.232 e. The minimum Gasteiger partial charge on any atom is -0.394 e. The van der Waals surface area contributed by atoms with E-state index in [9.17, 15) is 55.9 Å². The number of halogens is 1. The number of nitrogens with one attached hydrogen (secondary N) is 1. The predicted molar refractivity (Wildman–Crippen MR) is 121 cm³/mol. The second kappa shape index (κ2) is 13.8. The molecule has 0 spiro atoms. The van der Waals surface area contributed by atoms with Crippen molar-refractivity contribution in [2.24, 2.45) is 0 Å². The van der Waals surface area contributed by atoms with E-state index < -0.39 is 118 Å². The lowest BCUT2D eigenvalue weighted by atomic mass is 9.95. The largest absolute Gasteiger partial charge is 0.394 e. The molecule has 17 nitrogen and oxygen atoms in total. The molecule has 0 aliphatic carbocycles. The molecule has 3 saturated heterocycles. The number of rotatable bonds is 9. The molecule has 0 saturated carbocycles. The lowest BCUT2D eigenvalue weighted by molar-refractivity contribution is -0.373. The number of aliphatic hydroxyl groups is 10. The van der Waals surface area contributed by atoms with E-state index in [1.807, 2.05) is 0 Å². The van der Waals surface area contributed by atoms with Crippen molar-refractivity contribution >= 4 is 21.8 Å². The molecule has 0 bridgehead atoms. The summed E-state index contributed by atoms with van der Waals surface area (Å²) in [4.78, 5) is 11.6. The van der Waals surface area contributed by atoms with Crippen LogP contribution in [0.1, 0.15) is 0 Å². The van der Waals surface area contributed by atoms with Crippen molar-refractivity contribution in [1.29, 1.82) is 0 Å². The number of aliphatic hydroxyl groups excluding tert-OH is 10. The van der Waals surface area contributed by atoms with Crippen LogP contribution in [0.5, 0.6) is 0 Å². The third kappa shape index (κ3) is 6.62. The molecule has 3 fully saturated rings. The summed E-state index contributed by atoms with van der Waals surface area (Å²) in [6, 6.07) is 0. The van der Waals surface area contributed by atoms with E-state index in [1.165, 1.54) is 0 Å². The molecule has 6 unspecified atom stereocenters. The van der Waals surface area contributed by atoms with Gasteiger partial charge in [-0.1, -0.05) is 15.9 Å². The average molecular weight is 624 g/mol. The molecule has 1 amide bonds. The van der Waals surface area contributed by atoms with Crippen LogP contribution < -0.4 is 5.32 Å². The molecule has 0 radical (unpaired) electrons. The topological polar surface area (TPSA) is 278 Å². The van der Waals surface area contributed by atoms with Crippen molar-refractivity contribution in [3.8, 4) is 0 Å². The Morgan fingerprint density at radius 3 is 1.58 bits per heavy atom. The molecule has 11 N–H and O–H groups in total. The summed E-state index contributed by atoms with van der Waals surface area (Å²) in [6.45, 7) is -2.34. The maximum absolute atomic E-state index is 11.6. The van der Waals surface area contributed by atoms with Gasteiger partial charge in [-0.3, -0.25) is 4.79 Å². The Kier molecular flexibility index (Phi) is 11.6. The van der Waals surface area contributed by atoms with E-state index >= 15 is 0 Å². The van der Waals surface area contributed by atoms with Crippen LogP contribution in [0.3, 0.4) is 0 Å². The first-order valence-corrected chi connectivity index (χ1v) is 12.8. The highest BCUT2D eigenvalue weighted by atomic mass is 79.9. The van der Waals surface area contributed by atoms with Crippen LogP contribution in [0, 0.1) is 0 Å². The molecular weight excluding hydrogens is 590 g/mol. The molecule has 222 valence electrons. The van der Waals surface area contributed by atoms with Crippen molar-refractivity contribution < 1.29 is 79.5 Å². The summed E-state index contributed by atoms with van der Waals surface area (Å²) < 4.78 is 27.1. The van der Waals surface area contributed by atoms with Gasteiger partial charge in [0.15, 0.2) is 18.8 Å². The van der Waals surface area contributed by atoms with Gasteiger partial charge in [0.2, 0.25) is 5.91 Å². The maximum atomic E-state index is 11.6. The fourth-order valence-electron chi connectivity index (χ4n) is 4.39. The first kappa shape index (κ1) is 31.9. The second-order valence-electron chi connectivity index (χ2n) is 9.07. The minimum absolute atomic E-state index is 0.131. The standard InChI is InChI=1S/C20H34BrNO16/c21-1-8(26)22-18-13(31)11(29)16(6(3-24)34-18)37-20-15(33)12(30)17(7(4-25)36-20)38-19-14(32)10(28)9(27)5(2-23)35-19/h5-7,9-20,23-25,27-33H,1-4H2,(H,22,26)/t5?,6?,7?,9-,10+,11?,12-,13+,14?,15?,16-,17-,18-,19-,20-/m1/s1. The summed E-state index contributed by atoms with van der Waals surface area (Å²) in [5.74, 6) is -0.581. The van der Waals surface area contributed by atoms with Gasteiger partial charge in [-0.05, 0) is 0 Å². The lowest BCUT2D eigenvalue weighted by Crippen LogP contribution is -2.67. The number of hydrogen-bond donors (Lipinski definition) is 11. The van der Waals surface area contributed by atoms with Crippen LogP contribution in [-0.4, -0.2) is 174 Å². The molecule has 0 aromatic heterocycles. The van der Waals surface area contributed by atoms with E-state index in [-0.39, 0.29) is 5.33 Å². The van der Waals surface area contributed by atoms with Gasteiger partial charge in [0, 0.05) is 0 Å². The third-order valence-electron chi connectivity index (χ3n) is 6.54. The Bertz CT molecular complexity index is 763. The zero-order chi connectivity index (χ0) is 28.3. The highest BCUT2D eigenvalue weighted by Gasteiger charge is 2.53. The van der Waals surface area contributed by atoms with Crippen LogP contribution in [0.4, 0.5) is 0 Å². The predicted octanol–water partition coefficient (Wildman–Crippen LogP) is -7.05. The fourth-order valence-corrected chi connectivity index (χ4v) is 4.56. The van der Waals surface area contributed by atoms with Crippen LogP contribution in [0.25, 0.3) is 0 Å². The number of ether oxygens (including phenoxy) is 5. The Hall–Kier alpha value is -0.650. The van der Waals surface area contributed by atoms with Crippen LogP contribution in [0.2, 0.25) is 0 Å². The minimum atomic E-state index is -1.93. The van der Waals surface area contributed by atoms with E-state index in [2.05, 4.69) is 21.2 Å². The number of alkyl halides is 1. The molecule has 0 aromatic rings. The van der Waals surface area contributed by atoms with Gasteiger partial charge in [0.1, 0.15) is 73.2 Å². The van der Waals surface area contributed by atoms with Gasteiger partial charge < -0.3 is 80.1 Å². The summed E-state index contributed by atoms with van der Waals surface area (Å²) >= 11 is 2.92. The molecule has 38 heavy (non-hydrogen) atoms. The number of amides is 1. The van der Waals surface area contributed by atoms with Crippen molar-refractivity contribution in [3.05, 3.63) is 0 Å². The van der Waals surface area contributed by atoms with Crippen LogP contribution in [0.15, 0.2) is 0 Å². The van der Waals surface area contributed by atoms with Crippen molar-refractivity contribution in [2.45, 2.75) is 92.1 Å². The second-order valence-corrected chi connectivity index (χ2v) is 9.63. The number of carbonyl (C=O) groups excluding carboxylic acids is 1. The molecule has 3 heterocycles. The zero-order valence-electron chi connectivity index (χ0n) is 19.8. The van der Waals surface area contributed by atoms with Crippen LogP contribution in [-0.2, 0) is 28.5 Å². The first-order chi connectivity index (χ1) is 18.0. The van der Waals surface area contributed by atoms with Gasteiger partial charge in [-0.15, -0.1) is 0 Å². The fraction of sp³-hybridized carbons (Fsp3) is 0.950. The zero-order valence-corrected chi connectivity index (χ0v) is 21.4. The molecular formula is C20H34BrNO16. The van der Waals surface area contributed by atoms with Crippen molar-refractivity contribution in [3.63, 3.8) is 0 Å². The van der Waals surface area contributed by atoms with Gasteiger partial charge in [-0.25, -0.2) is 0 Å². The van der Waals surface area contributed by atoms with Crippen LogP contribution >= 0.6 is 15.9 Å². The monoisotopic (exact) mass is 623 g/mol. The average Bonchev–Trinajstić information content (AvgIpc) is 2.91. The molecule has 3 aliphatic rings. The quantitative estimate of drug-likeness (QED) is 0.106. The summed E-state index contributed by atoms with van der Waals surface area (Å²) in [5, 5.41) is 103. The third-order valence-corrected chi connectivity index (χ3v) is 7.05. The molecule has 0 aromatic carbocycles. The van der Waals surface area contributed by atoms with Gasteiger partial charge in [0.05, 0.1) is 25.2 Å². The highest BCUT2D eigenvalue weighted by molar-refractivity contribution is 9.09. The van der Waals surface area contributed by atoms with E-state index in [0.29, 0.717) is 0 Å². The smallest absolute Gasteiger partial charge is 0.232 e. The first-order valence-electron chi connectivity index (χ1n) is 11.7. The molecule has 15 atom stereocenters. The van der Waals surface area contributed by atoms with E-state index in [1.54, 1.807) is 0 Å². The van der Waals surface area contributed by atoms with E-state index in [0.717, 1.165) is 0 Å². The Balaban J connectivity index is 1.71. The van der Waals surface area contributed by atoms with Crippen molar-refractivity contribution in [2.75, 3.05) is 25.2 Å². The van der Waals surface area contributed by atoms with Gasteiger partial charge >= 0.3 is 0 Å². The van der Waals surface area contributed by atoms with Gasteiger partial charge in [-0.2, -0.15) is 0 Å². The van der Waals surface area contributed by atoms with Gasteiger partial charge in [0.25, 0.3) is 0 Å². The Morgan fingerprint density at radius 2 is 1.08 bits per heavy atom. The van der Waals surface area contributed by atoms with E-state index in [4.69, 9.17) is 23.7 Å². The Morgan fingerprint density at radius 1 is 0.632 bits per heavy atom. The summed E-state index contributed by atoms with van der Waals surface area (Å²) in [5.41, 5.74) is 0. The normalized spacial score (nSPS) is 48.0. The summed E-state index contributed by atoms with van der Waals surface area (Å²) in [6.07, 6.45) is -24.8.